The third-order valence-corrected chi connectivity index (χ3v) is 4.84. The quantitative estimate of drug-likeness (QED) is 0.892. The highest BCUT2D eigenvalue weighted by atomic mass is 16.4. The van der Waals surface area contributed by atoms with Gasteiger partial charge in [0, 0.05) is 17.5 Å². The molecule has 1 heterocycles. The number of fused-ring (bicyclic) bond motifs is 1. The number of hydrogen-bond donors (Lipinski definition) is 2. The van der Waals surface area contributed by atoms with Gasteiger partial charge >= 0.3 is 0 Å². The fraction of sp³-hybridized carbons (Fsp3) is 0.450. The Kier molecular flexibility index (Phi) is 4.26. The summed E-state index contributed by atoms with van der Waals surface area (Å²) in [4.78, 5) is 12.6. The molecule has 1 aromatic carbocycles. The Balaban J connectivity index is 1.84. The maximum atomic E-state index is 12.6. The lowest BCUT2D eigenvalue weighted by molar-refractivity contribution is 0.0876. The zero-order valence-corrected chi connectivity index (χ0v) is 14.7. The lowest BCUT2D eigenvalue weighted by Gasteiger charge is -2.31. The highest BCUT2D eigenvalue weighted by Crippen LogP contribution is 2.43. The molecule has 128 valence electrons. The maximum Gasteiger partial charge on any atom is 0.287 e. The standard InChI is InChI=1S/C20H25NO3/c1-12-17-15(22)10-20(3,4)11-16(17)24-18(12)19(23)21-13(2)14-8-6-5-7-9-14/h5-9,13,15,22H,10-11H2,1-4H3,(H,21,23)/t13-,15-/m0/s1. The second-order valence-corrected chi connectivity index (χ2v) is 7.56. The number of nitrogens with one attached hydrogen (secondary N) is 1. The maximum absolute atomic E-state index is 12.6. The van der Waals surface area contributed by atoms with Gasteiger partial charge in [0.25, 0.3) is 5.91 Å². The summed E-state index contributed by atoms with van der Waals surface area (Å²) in [5.74, 6) is 0.830. The summed E-state index contributed by atoms with van der Waals surface area (Å²) in [6, 6.07) is 9.71. The molecule has 0 saturated heterocycles. The van der Waals surface area contributed by atoms with Gasteiger partial charge < -0.3 is 14.8 Å². The zero-order chi connectivity index (χ0) is 17.5. The van der Waals surface area contributed by atoms with Crippen molar-refractivity contribution in [3.63, 3.8) is 0 Å². The van der Waals surface area contributed by atoms with E-state index in [0.717, 1.165) is 28.9 Å². The number of furan rings is 1. The van der Waals surface area contributed by atoms with E-state index in [1.54, 1.807) is 0 Å². The van der Waals surface area contributed by atoms with Crippen LogP contribution in [0.4, 0.5) is 0 Å². The van der Waals surface area contributed by atoms with Crippen molar-refractivity contribution in [1.82, 2.24) is 5.32 Å². The van der Waals surface area contributed by atoms with Crippen molar-refractivity contribution in [1.29, 1.82) is 0 Å². The van der Waals surface area contributed by atoms with Gasteiger partial charge in [-0.2, -0.15) is 0 Å². The molecule has 0 radical (unpaired) electrons. The number of benzene rings is 1. The van der Waals surface area contributed by atoms with Crippen LogP contribution in [0.2, 0.25) is 0 Å². The molecule has 4 nitrogen and oxygen atoms in total. The van der Waals surface area contributed by atoms with Crippen LogP contribution in [0.25, 0.3) is 0 Å². The van der Waals surface area contributed by atoms with Crippen LogP contribution in [-0.2, 0) is 6.42 Å². The minimum atomic E-state index is -0.569. The predicted octanol–water partition coefficient (Wildman–Crippen LogP) is 4.08. The van der Waals surface area contributed by atoms with Gasteiger partial charge in [0.1, 0.15) is 5.76 Å². The van der Waals surface area contributed by atoms with Crippen molar-refractivity contribution in [2.24, 2.45) is 5.41 Å². The van der Waals surface area contributed by atoms with Gasteiger partial charge in [-0.25, -0.2) is 0 Å². The number of aliphatic hydroxyl groups is 1. The first-order chi connectivity index (χ1) is 11.3. The average molecular weight is 327 g/mol. The molecule has 0 aliphatic heterocycles. The number of rotatable bonds is 3. The van der Waals surface area contributed by atoms with Crippen molar-refractivity contribution >= 4 is 5.91 Å². The number of carbonyl (C=O) groups excluding carboxylic acids is 1. The SMILES string of the molecule is Cc1c(C(=O)N[C@@H](C)c2ccccc2)oc2c1[C@@H](O)CC(C)(C)C2. The summed E-state index contributed by atoms with van der Waals surface area (Å²) in [7, 11) is 0. The van der Waals surface area contributed by atoms with E-state index in [1.807, 2.05) is 44.2 Å². The van der Waals surface area contributed by atoms with Crippen molar-refractivity contribution in [2.45, 2.75) is 52.7 Å². The molecule has 1 amide bonds. The van der Waals surface area contributed by atoms with Crippen LogP contribution in [0.1, 0.15) is 72.3 Å². The molecule has 0 bridgehead atoms. The van der Waals surface area contributed by atoms with Gasteiger partial charge in [0.2, 0.25) is 0 Å². The zero-order valence-electron chi connectivity index (χ0n) is 14.7. The first-order valence-electron chi connectivity index (χ1n) is 8.44. The molecule has 0 unspecified atom stereocenters. The van der Waals surface area contributed by atoms with Crippen molar-refractivity contribution in [3.05, 3.63) is 58.5 Å². The Labute approximate surface area is 142 Å². The molecule has 0 saturated carbocycles. The van der Waals surface area contributed by atoms with Crippen molar-refractivity contribution in [2.75, 3.05) is 0 Å². The summed E-state index contributed by atoms with van der Waals surface area (Å²) in [5, 5.41) is 13.4. The molecule has 1 aliphatic rings. The molecular weight excluding hydrogens is 302 g/mol. The van der Waals surface area contributed by atoms with E-state index in [0.29, 0.717) is 12.2 Å². The van der Waals surface area contributed by atoms with E-state index >= 15 is 0 Å². The molecule has 2 N–H and O–H groups in total. The third-order valence-electron chi connectivity index (χ3n) is 4.84. The monoisotopic (exact) mass is 327 g/mol. The predicted molar refractivity (Wildman–Crippen MR) is 92.8 cm³/mol. The molecule has 24 heavy (non-hydrogen) atoms. The largest absolute Gasteiger partial charge is 0.455 e. The van der Waals surface area contributed by atoms with Crippen LogP contribution in [0.3, 0.4) is 0 Å². The van der Waals surface area contributed by atoms with Gasteiger partial charge in [-0.1, -0.05) is 44.2 Å². The molecular formula is C20H25NO3. The Bertz CT molecular complexity index is 746. The molecule has 0 spiro atoms. The molecule has 1 aliphatic carbocycles. The highest BCUT2D eigenvalue weighted by Gasteiger charge is 2.37. The average Bonchev–Trinajstić information content (AvgIpc) is 2.83. The molecule has 0 fully saturated rings. The second-order valence-electron chi connectivity index (χ2n) is 7.56. The van der Waals surface area contributed by atoms with Crippen LogP contribution >= 0.6 is 0 Å². The minimum absolute atomic E-state index is 0.0260. The Morgan fingerprint density at radius 2 is 2.00 bits per heavy atom. The third kappa shape index (κ3) is 3.11. The fourth-order valence-electron chi connectivity index (χ4n) is 3.59. The Hall–Kier alpha value is -2.07. The van der Waals surface area contributed by atoms with Gasteiger partial charge in [0.15, 0.2) is 5.76 Å². The Morgan fingerprint density at radius 3 is 2.67 bits per heavy atom. The first kappa shape index (κ1) is 16.8. The van der Waals surface area contributed by atoms with Gasteiger partial charge in [-0.15, -0.1) is 0 Å². The van der Waals surface area contributed by atoms with Crippen molar-refractivity contribution < 1.29 is 14.3 Å². The Morgan fingerprint density at radius 1 is 1.33 bits per heavy atom. The number of hydrogen-bond acceptors (Lipinski definition) is 3. The van der Waals surface area contributed by atoms with Gasteiger partial charge in [-0.3, -0.25) is 4.79 Å². The van der Waals surface area contributed by atoms with E-state index in [4.69, 9.17) is 4.42 Å². The summed E-state index contributed by atoms with van der Waals surface area (Å²) in [5.41, 5.74) is 2.57. The molecule has 4 heteroatoms. The summed E-state index contributed by atoms with van der Waals surface area (Å²) in [6.45, 7) is 8.01. The van der Waals surface area contributed by atoms with Crippen LogP contribution in [0.5, 0.6) is 0 Å². The topological polar surface area (TPSA) is 62.5 Å². The number of amides is 1. The summed E-state index contributed by atoms with van der Waals surface area (Å²) < 4.78 is 5.87. The highest BCUT2D eigenvalue weighted by molar-refractivity contribution is 5.93. The van der Waals surface area contributed by atoms with E-state index < -0.39 is 6.10 Å². The molecule has 1 aromatic heterocycles. The van der Waals surface area contributed by atoms with E-state index in [2.05, 4.69) is 19.2 Å². The summed E-state index contributed by atoms with van der Waals surface area (Å²) in [6.07, 6.45) is 0.851. The second kappa shape index (κ2) is 6.10. The first-order valence-corrected chi connectivity index (χ1v) is 8.44. The summed E-state index contributed by atoms with van der Waals surface area (Å²) >= 11 is 0. The van der Waals surface area contributed by atoms with Gasteiger partial charge in [-0.05, 0) is 31.2 Å². The van der Waals surface area contributed by atoms with E-state index in [-0.39, 0.29) is 17.4 Å². The molecule has 2 aromatic rings. The lowest BCUT2D eigenvalue weighted by Crippen LogP contribution is -2.26. The van der Waals surface area contributed by atoms with Crippen LogP contribution in [-0.4, -0.2) is 11.0 Å². The molecule has 3 rings (SSSR count). The normalized spacial score (nSPS) is 20.3. The van der Waals surface area contributed by atoms with E-state index in [9.17, 15) is 9.90 Å². The van der Waals surface area contributed by atoms with E-state index in [1.165, 1.54) is 0 Å². The van der Waals surface area contributed by atoms with Crippen molar-refractivity contribution in [3.8, 4) is 0 Å². The number of carbonyl (C=O) groups is 1. The van der Waals surface area contributed by atoms with Gasteiger partial charge in [0.05, 0.1) is 12.1 Å². The smallest absolute Gasteiger partial charge is 0.287 e. The van der Waals surface area contributed by atoms with Crippen LogP contribution in [0.15, 0.2) is 34.7 Å². The number of aliphatic hydroxyl groups excluding tert-OH is 1. The van der Waals surface area contributed by atoms with Crippen LogP contribution in [0, 0.1) is 12.3 Å². The van der Waals surface area contributed by atoms with Crippen LogP contribution < -0.4 is 5.32 Å². The fourth-order valence-corrected chi connectivity index (χ4v) is 3.59. The lowest BCUT2D eigenvalue weighted by atomic mass is 9.75. The molecule has 2 atom stereocenters. The minimum Gasteiger partial charge on any atom is -0.455 e.